The molecule has 0 aliphatic carbocycles. The molecule has 1 aliphatic heterocycles. The van der Waals surface area contributed by atoms with Gasteiger partial charge in [0.05, 0.1) is 13.2 Å². The van der Waals surface area contributed by atoms with E-state index in [-0.39, 0.29) is 5.41 Å². The van der Waals surface area contributed by atoms with Crippen LogP contribution in [0.25, 0.3) is 0 Å². The molecule has 0 bridgehead atoms. The van der Waals surface area contributed by atoms with Gasteiger partial charge in [0.2, 0.25) is 5.95 Å². The Morgan fingerprint density at radius 2 is 1.69 bits per heavy atom. The molecule has 0 atom stereocenters. The summed E-state index contributed by atoms with van der Waals surface area (Å²) in [6, 6.07) is 0. The highest BCUT2D eigenvalue weighted by Crippen LogP contribution is 2.21. The number of hydrogen-bond donors (Lipinski definition) is 0. The number of nitrogens with zero attached hydrogens (tertiary/aromatic N) is 3. The first-order chi connectivity index (χ1) is 7.57. The van der Waals surface area contributed by atoms with Gasteiger partial charge in [-0.05, 0) is 11.0 Å². The summed E-state index contributed by atoms with van der Waals surface area (Å²) in [5, 5.41) is 0. The van der Waals surface area contributed by atoms with Gasteiger partial charge in [0.1, 0.15) is 0 Å². The Morgan fingerprint density at radius 1 is 1.12 bits per heavy atom. The summed E-state index contributed by atoms with van der Waals surface area (Å²) in [6.07, 6.45) is 3.86. The van der Waals surface area contributed by atoms with E-state index in [1.807, 2.05) is 12.4 Å². The van der Waals surface area contributed by atoms with Crippen LogP contribution in [0.4, 0.5) is 5.95 Å². The van der Waals surface area contributed by atoms with Crippen LogP contribution in [-0.4, -0.2) is 36.3 Å². The molecule has 16 heavy (non-hydrogen) atoms. The second-order valence-electron chi connectivity index (χ2n) is 5.12. The monoisotopic (exact) mass is 221 g/mol. The van der Waals surface area contributed by atoms with Crippen molar-refractivity contribution in [2.24, 2.45) is 0 Å². The lowest BCUT2D eigenvalue weighted by atomic mass is 9.89. The normalized spacial score (nSPS) is 17.6. The first kappa shape index (κ1) is 11.3. The zero-order valence-electron chi connectivity index (χ0n) is 10.2. The van der Waals surface area contributed by atoms with E-state index < -0.39 is 0 Å². The number of anilines is 1. The zero-order valence-corrected chi connectivity index (χ0v) is 10.2. The Hall–Kier alpha value is -1.16. The van der Waals surface area contributed by atoms with Crippen LogP contribution in [0.5, 0.6) is 0 Å². The van der Waals surface area contributed by atoms with Crippen molar-refractivity contribution in [3.8, 4) is 0 Å². The van der Waals surface area contributed by atoms with E-state index in [0.717, 1.165) is 32.3 Å². The van der Waals surface area contributed by atoms with Crippen molar-refractivity contribution in [2.75, 3.05) is 31.2 Å². The summed E-state index contributed by atoms with van der Waals surface area (Å²) in [5.41, 5.74) is 1.29. The van der Waals surface area contributed by atoms with E-state index in [4.69, 9.17) is 4.74 Å². The minimum atomic E-state index is 0.115. The predicted octanol–water partition coefficient (Wildman–Crippen LogP) is 1.61. The van der Waals surface area contributed by atoms with Crippen molar-refractivity contribution >= 4 is 5.95 Å². The lowest BCUT2D eigenvalue weighted by molar-refractivity contribution is 0.122. The lowest BCUT2D eigenvalue weighted by Crippen LogP contribution is -2.37. The number of rotatable bonds is 1. The maximum atomic E-state index is 5.30. The third-order valence-electron chi connectivity index (χ3n) is 2.80. The second kappa shape index (κ2) is 4.37. The van der Waals surface area contributed by atoms with E-state index in [1.54, 1.807) is 0 Å². The standard InChI is InChI=1S/C12H19N3O/c1-12(2,3)10-8-13-11(14-9-10)15-4-6-16-7-5-15/h8-9H,4-7H2,1-3H3. The molecule has 0 aromatic carbocycles. The first-order valence-corrected chi connectivity index (χ1v) is 5.72. The summed E-state index contributed by atoms with van der Waals surface area (Å²) in [6.45, 7) is 9.80. The molecular formula is C12H19N3O. The van der Waals surface area contributed by atoms with E-state index in [1.165, 1.54) is 5.56 Å². The topological polar surface area (TPSA) is 38.2 Å². The van der Waals surface area contributed by atoms with Gasteiger partial charge in [-0.3, -0.25) is 0 Å². The molecule has 1 fully saturated rings. The van der Waals surface area contributed by atoms with E-state index in [0.29, 0.717) is 0 Å². The molecule has 1 aromatic heterocycles. The Bertz CT molecular complexity index is 336. The van der Waals surface area contributed by atoms with Gasteiger partial charge in [-0.1, -0.05) is 20.8 Å². The number of ether oxygens (including phenoxy) is 1. The molecule has 0 saturated carbocycles. The van der Waals surface area contributed by atoms with Gasteiger partial charge in [0.25, 0.3) is 0 Å². The van der Waals surface area contributed by atoms with Crippen molar-refractivity contribution in [3.63, 3.8) is 0 Å². The molecule has 0 amide bonds. The second-order valence-corrected chi connectivity index (χ2v) is 5.12. The van der Waals surface area contributed by atoms with Gasteiger partial charge in [-0.15, -0.1) is 0 Å². The summed E-state index contributed by atoms with van der Waals surface area (Å²) in [4.78, 5) is 11.0. The number of morpholine rings is 1. The summed E-state index contributed by atoms with van der Waals surface area (Å²) in [7, 11) is 0. The molecule has 0 unspecified atom stereocenters. The van der Waals surface area contributed by atoms with Crippen molar-refractivity contribution in [2.45, 2.75) is 26.2 Å². The highest BCUT2D eigenvalue weighted by Gasteiger charge is 2.17. The van der Waals surface area contributed by atoms with Crippen LogP contribution in [0.2, 0.25) is 0 Å². The third-order valence-corrected chi connectivity index (χ3v) is 2.80. The molecule has 0 radical (unpaired) electrons. The highest BCUT2D eigenvalue weighted by molar-refractivity contribution is 5.31. The molecule has 2 heterocycles. The van der Waals surface area contributed by atoms with Gasteiger partial charge >= 0.3 is 0 Å². The van der Waals surface area contributed by atoms with Gasteiger partial charge in [-0.2, -0.15) is 0 Å². The van der Waals surface area contributed by atoms with Gasteiger partial charge in [0.15, 0.2) is 0 Å². The average Bonchev–Trinajstić information content (AvgIpc) is 2.29. The highest BCUT2D eigenvalue weighted by atomic mass is 16.5. The van der Waals surface area contributed by atoms with Gasteiger partial charge < -0.3 is 9.64 Å². The van der Waals surface area contributed by atoms with Crippen LogP contribution in [0.15, 0.2) is 12.4 Å². The minimum absolute atomic E-state index is 0.115. The van der Waals surface area contributed by atoms with E-state index in [2.05, 4.69) is 35.6 Å². The Morgan fingerprint density at radius 3 is 2.19 bits per heavy atom. The van der Waals surface area contributed by atoms with Crippen molar-refractivity contribution in [1.82, 2.24) is 9.97 Å². The molecule has 4 nitrogen and oxygen atoms in total. The number of aromatic nitrogens is 2. The summed E-state index contributed by atoms with van der Waals surface area (Å²) in [5.74, 6) is 0.816. The fraction of sp³-hybridized carbons (Fsp3) is 0.667. The van der Waals surface area contributed by atoms with Crippen molar-refractivity contribution in [3.05, 3.63) is 18.0 Å². The summed E-state index contributed by atoms with van der Waals surface area (Å²) >= 11 is 0. The number of hydrogen-bond acceptors (Lipinski definition) is 4. The molecule has 1 saturated heterocycles. The van der Waals surface area contributed by atoms with Crippen LogP contribution in [0.1, 0.15) is 26.3 Å². The minimum Gasteiger partial charge on any atom is -0.378 e. The molecular weight excluding hydrogens is 202 g/mol. The lowest BCUT2D eigenvalue weighted by Gasteiger charge is -2.27. The van der Waals surface area contributed by atoms with Crippen LogP contribution >= 0.6 is 0 Å². The van der Waals surface area contributed by atoms with Crippen LogP contribution in [0.3, 0.4) is 0 Å². The largest absolute Gasteiger partial charge is 0.378 e. The molecule has 1 aromatic rings. The van der Waals surface area contributed by atoms with Crippen molar-refractivity contribution < 1.29 is 4.74 Å². The molecule has 88 valence electrons. The van der Waals surface area contributed by atoms with Crippen LogP contribution < -0.4 is 4.90 Å². The van der Waals surface area contributed by atoms with Gasteiger partial charge in [-0.25, -0.2) is 9.97 Å². The zero-order chi connectivity index (χ0) is 11.6. The Kier molecular flexibility index (Phi) is 3.10. The van der Waals surface area contributed by atoms with Gasteiger partial charge in [0, 0.05) is 25.5 Å². The van der Waals surface area contributed by atoms with Crippen LogP contribution in [-0.2, 0) is 10.2 Å². The molecule has 2 rings (SSSR count). The SMILES string of the molecule is CC(C)(C)c1cnc(N2CCOCC2)nc1. The predicted molar refractivity (Wildman–Crippen MR) is 63.8 cm³/mol. The fourth-order valence-corrected chi connectivity index (χ4v) is 1.64. The molecule has 0 N–H and O–H groups in total. The smallest absolute Gasteiger partial charge is 0.225 e. The van der Waals surface area contributed by atoms with E-state index in [9.17, 15) is 0 Å². The van der Waals surface area contributed by atoms with Crippen molar-refractivity contribution in [1.29, 1.82) is 0 Å². The van der Waals surface area contributed by atoms with E-state index >= 15 is 0 Å². The molecule has 0 spiro atoms. The maximum Gasteiger partial charge on any atom is 0.225 e. The molecule has 1 aliphatic rings. The molecule has 4 heteroatoms. The Labute approximate surface area is 96.7 Å². The maximum absolute atomic E-state index is 5.30. The van der Waals surface area contributed by atoms with Crippen LogP contribution in [0, 0.1) is 0 Å². The average molecular weight is 221 g/mol. The quantitative estimate of drug-likeness (QED) is 0.722. The Balaban J connectivity index is 2.12. The third kappa shape index (κ3) is 2.50. The fourth-order valence-electron chi connectivity index (χ4n) is 1.64. The first-order valence-electron chi connectivity index (χ1n) is 5.72. The summed E-state index contributed by atoms with van der Waals surface area (Å²) < 4.78 is 5.30.